The summed E-state index contributed by atoms with van der Waals surface area (Å²) in [6.07, 6.45) is 4.92. The maximum Gasteiger partial charge on any atom is 0.126 e. The molecule has 2 rings (SSSR count). The van der Waals surface area contributed by atoms with Crippen LogP contribution in [0.25, 0.3) is 11.1 Å². The number of benzene rings is 2. The van der Waals surface area contributed by atoms with Gasteiger partial charge in [-0.2, -0.15) is 0 Å². The van der Waals surface area contributed by atoms with E-state index in [-0.39, 0.29) is 5.82 Å². The molecule has 0 amide bonds. The molecule has 0 saturated heterocycles. The molecule has 1 heteroatoms. The smallest absolute Gasteiger partial charge is 0.126 e. The van der Waals surface area contributed by atoms with Crippen LogP contribution in [0.5, 0.6) is 0 Å². The lowest BCUT2D eigenvalue weighted by Gasteiger charge is -2.16. The third kappa shape index (κ3) is 3.93. The molecule has 0 heterocycles. The van der Waals surface area contributed by atoms with Crippen molar-refractivity contribution in [3.8, 4) is 11.1 Å². The minimum atomic E-state index is -0.133. The molecule has 2 aromatic carbocycles. The van der Waals surface area contributed by atoms with E-state index in [9.17, 15) is 4.39 Å². The highest BCUT2D eigenvalue weighted by molar-refractivity contribution is 5.64. The van der Waals surface area contributed by atoms with Crippen LogP contribution in [0.2, 0.25) is 0 Å². The van der Waals surface area contributed by atoms with Crippen LogP contribution in [-0.4, -0.2) is 0 Å². The maximum absolute atomic E-state index is 13.7. The van der Waals surface area contributed by atoms with Crippen LogP contribution in [0.3, 0.4) is 0 Å². The largest absolute Gasteiger partial charge is 0.207 e. The van der Waals surface area contributed by atoms with Crippen molar-refractivity contribution in [1.82, 2.24) is 0 Å². The van der Waals surface area contributed by atoms with Crippen molar-refractivity contribution in [2.75, 3.05) is 0 Å². The first-order valence-corrected chi connectivity index (χ1v) is 8.02. The third-order valence-corrected chi connectivity index (χ3v) is 4.16. The average molecular weight is 284 g/mol. The van der Waals surface area contributed by atoms with Crippen LogP contribution >= 0.6 is 0 Å². The first kappa shape index (κ1) is 15.8. The normalized spacial score (nSPS) is 11.1. The van der Waals surface area contributed by atoms with Gasteiger partial charge in [0, 0.05) is 0 Å². The molecule has 0 radical (unpaired) electrons. The summed E-state index contributed by atoms with van der Waals surface area (Å²) in [5.41, 5.74) is 4.15. The van der Waals surface area contributed by atoms with Gasteiger partial charge in [0.25, 0.3) is 0 Å². The lowest BCUT2D eigenvalue weighted by molar-refractivity contribution is 0.561. The summed E-state index contributed by atoms with van der Waals surface area (Å²) in [6, 6.07) is 14.1. The van der Waals surface area contributed by atoms with Crippen LogP contribution in [0.1, 0.15) is 56.6 Å². The molecule has 0 nitrogen and oxygen atoms in total. The van der Waals surface area contributed by atoms with E-state index < -0.39 is 0 Å². The fourth-order valence-corrected chi connectivity index (χ4v) is 2.89. The SMILES string of the molecule is CCCC(CCC)c1ccc(-c2ccc(C)c(F)c2)cc1. The fraction of sp³-hybridized carbons (Fsp3) is 0.400. The Morgan fingerprint density at radius 3 is 1.95 bits per heavy atom. The van der Waals surface area contributed by atoms with Gasteiger partial charge in [-0.3, -0.25) is 0 Å². The van der Waals surface area contributed by atoms with Crippen LogP contribution < -0.4 is 0 Å². The van der Waals surface area contributed by atoms with E-state index in [4.69, 9.17) is 0 Å². The van der Waals surface area contributed by atoms with Gasteiger partial charge in [-0.15, -0.1) is 0 Å². The molecule has 2 aromatic rings. The minimum Gasteiger partial charge on any atom is -0.207 e. The van der Waals surface area contributed by atoms with Gasteiger partial charge in [0.15, 0.2) is 0 Å². The molecule has 0 aliphatic carbocycles. The Kier molecular flexibility index (Phi) is 5.55. The molecule has 0 aromatic heterocycles. The molecule has 0 atom stereocenters. The van der Waals surface area contributed by atoms with Crippen molar-refractivity contribution < 1.29 is 4.39 Å². The van der Waals surface area contributed by atoms with Gasteiger partial charge in [0.2, 0.25) is 0 Å². The van der Waals surface area contributed by atoms with E-state index in [2.05, 4.69) is 38.1 Å². The molecule has 0 aliphatic heterocycles. The first-order chi connectivity index (χ1) is 10.2. The summed E-state index contributed by atoms with van der Waals surface area (Å²) in [4.78, 5) is 0. The third-order valence-electron chi connectivity index (χ3n) is 4.16. The maximum atomic E-state index is 13.7. The van der Waals surface area contributed by atoms with Gasteiger partial charge in [-0.1, -0.05) is 63.1 Å². The number of halogens is 1. The number of hydrogen-bond acceptors (Lipinski definition) is 0. The second-order valence-corrected chi connectivity index (χ2v) is 5.86. The van der Waals surface area contributed by atoms with Gasteiger partial charge in [-0.05, 0) is 54.0 Å². The predicted molar refractivity (Wildman–Crippen MR) is 89.1 cm³/mol. The second kappa shape index (κ2) is 7.40. The molecule has 0 aliphatic rings. The van der Waals surface area contributed by atoms with Gasteiger partial charge in [-0.25, -0.2) is 4.39 Å². The van der Waals surface area contributed by atoms with Gasteiger partial charge in [0.1, 0.15) is 5.82 Å². The number of hydrogen-bond donors (Lipinski definition) is 0. The molecule has 0 bridgehead atoms. The number of aryl methyl sites for hydroxylation is 1. The zero-order chi connectivity index (χ0) is 15.2. The summed E-state index contributed by atoms with van der Waals surface area (Å²) in [6.45, 7) is 6.28. The first-order valence-electron chi connectivity index (χ1n) is 8.02. The van der Waals surface area contributed by atoms with E-state index in [0.29, 0.717) is 11.5 Å². The monoisotopic (exact) mass is 284 g/mol. The van der Waals surface area contributed by atoms with E-state index >= 15 is 0 Å². The Balaban J connectivity index is 2.22. The van der Waals surface area contributed by atoms with Crippen molar-refractivity contribution in [1.29, 1.82) is 0 Å². The molecule has 0 fully saturated rings. The molecular weight excluding hydrogens is 259 g/mol. The molecule has 0 unspecified atom stereocenters. The molecule has 112 valence electrons. The van der Waals surface area contributed by atoms with Crippen LogP contribution in [-0.2, 0) is 0 Å². The summed E-state index contributed by atoms with van der Waals surface area (Å²) < 4.78 is 13.7. The summed E-state index contributed by atoms with van der Waals surface area (Å²) in [7, 11) is 0. The standard InChI is InChI=1S/C20H25F/c1-4-6-16(7-5-2)17-10-12-18(13-11-17)19-9-8-15(3)20(21)14-19/h8-14,16H,4-7H2,1-3H3. The number of rotatable bonds is 6. The minimum absolute atomic E-state index is 0.133. The van der Waals surface area contributed by atoms with Crippen molar-refractivity contribution in [3.05, 3.63) is 59.4 Å². The Morgan fingerprint density at radius 2 is 1.43 bits per heavy atom. The summed E-state index contributed by atoms with van der Waals surface area (Å²) in [5.74, 6) is 0.523. The zero-order valence-electron chi connectivity index (χ0n) is 13.3. The highest BCUT2D eigenvalue weighted by Crippen LogP contribution is 2.29. The van der Waals surface area contributed by atoms with Crippen molar-refractivity contribution in [2.24, 2.45) is 0 Å². The van der Waals surface area contributed by atoms with Crippen molar-refractivity contribution in [3.63, 3.8) is 0 Å². The predicted octanol–water partition coefficient (Wildman–Crippen LogP) is 6.48. The Bertz CT molecular complexity index is 563. The molecular formula is C20H25F. The van der Waals surface area contributed by atoms with Gasteiger partial charge < -0.3 is 0 Å². The quantitative estimate of drug-likeness (QED) is 0.569. The van der Waals surface area contributed by atoms with E-state index in [1.807, 2.05) is 12.1 Å². The lowest BCUT2D eigenvalue weighted by atomic mass is 9.89. The summed E-state index contributed by atoms with van der Waals surface area (Å²) in [5, 5.41) is 0. The Labute approximate surface area is 128 Å². The Morgan fingerprint density at radius 1 is 0.857 bits per heavy atom. The van der Waals surface area contributed by atoms with Gasteiger partial charge in [0.05, 0.1) is 0 Å². The highest BCUT2D eigenvalue weighted by atomic mass is 19.1. The van der Waals surface area contributed by atoms with E-state index in [0.717, 1.165) is 11.1 Å². The van der Waals surface area contributed by atoms with Crippen molar-refractivity contribution in [2.45, 2.75) is 52.4 Å². The van der Waals surface area contributed by atoms with Gasteiger partial charge >= 0.3 is 0 Å². The topological polar surface area (TPSA) is 0 Å². The summed E-state index contributed by atoms with van der Waals surface area (Å²) >= 11 is 0. The second-order valence-electron chi connectivity index (χ2n) is 5.86. The van der Waals surface area contributed by atoms with E-state index in [1.165, 1.54) is 31.2 Å². The van der Waals surface area contributed by atoms with Crippen LogP contribution in [0.4, 0.5) is 4.39 Å². The Hall–Kier alpha value is -1.63. The van der Waals surface area contributed by atoms with E-state index in [1.54, 1.807) is 13.0 Å². The fourth-order valence-electron chi connectivity index (χ4n) is 2.89. The molecule has 21 heavy (non-hydrogen) atoms. The molecule has 0 spiro atoms. The van der Waals surface area contributed by atoms with Crippen molar-refractivity contribution >= 4 is 0 Å². The lowest BCUT2D eigenvalue weighted by Crippen LogP contribution is -1.98. The van der Waals surface area contributed by atoms with Crippen LogP contribution in [0.15, 0.2) is 42.5 Å². The highest BCUT2D eigenvalue weighted by Gasteiger charge is 2.10. The molecule has 0 N–H and O–H groups in total. The average Bonchev–Trinajstić information content (AvgIpc) is 2.50. The molecule has 0 saturated carbocycles. The van der Waals surface area contributed by atoms with Crippen LogP contribution in [0, 0.1) is 12.7 Å². The zero-order valence-corrected chi connectivity index (χ0v) is 13.3.